The second kappa shape index (κ2) is 9.45. The fraction of sp³-hybridized carbons (Fsp3) is 0.440. The summed E-state index contributed by atoms with van der Waals surface area (Å²) < 4.78 is 25.4. The molecular weight excluding hydrogens is 420 g/mol. The van der Waals surface area contributed by atoms with E-state index >= 15 is 0 Å². The molecule has 0 bridgehead atoms. The number of sulfone groups is 1. The van der Waals surface area contributed by atoms with Gasteiger partial charge in [-0.25, -0.2) is 13.4 Å². The first-order valence-electron chi connectivity index (χ1n) is 11.2. The van der Waals surface area contributed by atoms with Crippen LogP contribution in [0.15, 0.2) is 51.3 Å². The smallest absolute Gasteiger partial charge is 0.178 e. The van der Waals surface area contributed by atoms with E-state index in [9.17, 15) is 8.42 Å². The van der Waals surface area contributed by atoms with Crippen LogP contribution in [0.3, 0.4) is 0 Å². The highest BCUT2D eigenvalue weighted by molar-refractivity contribution is 7.91. The zero-order valence-corrected chi connectivity index (χ0v) is 20.7. The Kier molecular flexibility index (Phi) is 7.08. The average molecular weight is 455 g/mol. The minimum absolute atomic E-state index is 0.122. The van der Waals surface area contributed by atoms with Crippen molar-refractivity contribution < 1.29 is 8.42 Å². The first kappa shape index (κ1) is 24.0. The van der Waals surface area contributed by atoms with Crippen LogP contribution in [0.5, 0.6) is 0 Å². The van der Waals surface area contributed by atoms with E-state index in [0.29, 0.717) is 17.2 Å². The molecule has 0 saturated heterocycles. The minimum Gasteiger partial charge on any atom is -0.386 e. The standard InChI is InChI=1S/C25H34N4O2S/c1-7-11-32(30,31)20-10-8-9-19(14-20)24-21-12-18(6)13-22(29(16(2)3)17(4)5)25(21)28-23(26)15-27-24/h8-10,12-14,16-17H,7,11,15H2,1-6H3,(H2,26,28). The number of benzene rings is 2. The molecule has 0 spiro atoms. The third kappa shape index (κ3) is 4.88. The van der Waals surface area contributed by atoms with Crippen LogP contribution in [0.4, 0.5) is 11.4 Å². The molecule has 1 aliphatic heterocycles. The lowest BCUT2D eigenvalue weighted by Gasteiger charge is -2.34. The maximum absolute atomic E-state index is 12.7. The Morgan fingerprint density at radius 3 is 2.41 bits per heavy atom. The molecule has 2 N–H and O–H groups in total. The van der Waals surface area contributed by atoms with E-state index in [1.807, 2.05) is 13.0 Å². The van der Waals surface area contributed by atoms with Crippen molar-refractivity contribution in [3.63, 3.8) is 0 Å². The van der Waals surface area contributed by atoms with Crippen LogP contribution in [-0.2, 0) is 9.84 Å². The van der Waals surface area contributed by atoms with Gasteiger partial charge in [-0.15, -0.1) is 0 Å². The molecule has 32 heavy (non-hydrogen) atoms. The van der Waals surface area contributed by atoms with Gasteiger partial charge in [-0.2, -0.15) is 0 Å². The van der Waals surface area contributed by atoms with Gasteiger partial charge in [-0.1, -0.05) is 19.1 Å². The van der Waals surface area contributed by atoms with Crippen molar-refractivity contribution in [3.05, 3.63) is 53.1 Å². The van der Waals surface area contributed by atoms with E-state index in [2.05, 4.69) is 51.7 Å². The Balaban J connectivity index is 2.25. The Morgan fingerprint density at radius 1 is 1.09 bits per heavy atom. The SMILES string of the molecule is CCCS(=O)(=O)c1cccc(C2=NCC(N)=Nc3c2cc(C)cc3N(C(C)C)C(C)C)c1. The third-order valence-electron chi connectivity index (χ3n) is 5.47. The highest BCUT2D eigenvalue weighted by atomic mass is 32.2. The molecule has 1 heterocycles. The summed E-state index contributed by atoms with van der Waals surface area (Å²) in [5, 5.41) is 0. The molecule has 6 nitrogen and oxygen atoms in total. The van der Waals surface area contributed by atoms with Gasteiger partial charge < -0.3 is 10.6 Å². The molecule has 0 fully saturated rings. The van der Waals surface area contributed by atoms with Crippen LogP contribution in [0.25, 0.3) is 0 Å². The molecule has 2 aromatic carbocycles. The molecule has 0 amide bonds. The van der Waals surface area contributed by atoms with E-state index in [0.717, 1.165) is 33.8 Å². The number of amidine groups is 1. The summed E-state index contributed by atoms with van der Waals surface area (Å²) in [5.74, 6) is 0.560. The predicted octanol–water partition coefficient (Wildman–Crippen LogP) is 4.64. The van der Waals surface area contributed by atoms with Crippen molar-refractivity contribution in [2.24, 2.45) is 15.7 Å². The number of hydrogen-bond acceptors (Lipinski definition) is 6. The van der Waals surface area contributed by atoms with Crippen molar-refractivity contribution in [3.8, 4) is 0 Å². The van der Waals surface area contributed by atoms with Crippen molar-refractivity contribution in [2.75, 3.05) is 17.2 Å². The first-order valence-corrected chi connectivity index (χ1v) is 12.8. The fourth-order valence-corrected chi connectivity index (χ4v) is 5.67. The van der Waals surface area contributed by atoms with Gasteiger partial charge in [0.25, 0.3) is 0 Å². The van der Waals surface area contributed by atoms with E-state index < -0.39 is 9.84 Å². The quantitative estimate of drug-likeness (QED) is 0.660. The molecular formula is C25H34N4O2S. The van der Waals surface area contributed by atoms with Gasteiger partial charge in [-0.05, 0) is 70.9 Å². The van der Waals surface area contributed by atoms with E-state index in [4.69, 9.17) is 15.7 Å². The van der Waals surface area contributed by atoms with Crippen LogP contribution >= 0.6 is 0 Å². The Hall–Kier alpha value is -2.67. The summed E-state index contributed by atoms with van der Waals surface area (Å²) in [4.78, 5) is 12.2. The lowest BCUT2D eigenvalue weighted by molar-refractivity contribution is 0.594. The van der Waals surface area contributed by atoms with Gasteiger partial charge in [0.1, 0.15) is 5.84 Å². The summed E-state index contributed by atoms with van der Waals surface area (Å²) in [6.07, 6.45) is 0.573. The zero-order valence-electron chi connectivity index (χ0n) is 19.9. The van der Waals surface area contributed by atoms with Crippen LogP contribution in [0.1, 0.15) is 57.7 Å². The van der Waals surface area contributed by atoms with Crippen molar-refractivity contribution in [1.29, 1.82) is 0 Å². The predicted molar refractivity (Wildman–Crippen MR) is 135 cm³/mol. The van der Waals surface area contributed by atoms with Gasteiger partial charge in [0.15, 0.2) is 9.84 Å². The number of hydrogen-bond donors (Lipinski definition) is 1. The maximum atomic E-state index is 12.7. The summed E-state index contributed by atoms with van der Waals surface area (Å²) in [6, 6.07) is 11.8. The van der Waals surface area contributed by atoms with Gasteiger partial charge in [0.2, 0.25) is 0 Å². The van der Waals surface area contributed by atoms with Crippen LogP contribution in [-0.4, -0.2) is 44.3 Å². The lowest BCUT2D eigenvalue weighted by Crippen LogP contribution is -2.37. The Morgan fingerprint density at radius 2 is 1.78 bits per heavy atom. The van der Waals surface area contributed by atoms with Crippen molar-refractivity contribution in [1.82, 2.24) is 0 Å². The number of aryl methyl sites for hydroxylation is 1. The monoisotopic (exact) mass is 454 g/mol. The molecule has 0 aliphatic carbocycles. The number of anilines is 1. The molecule has 2 aromatic rings. The van der Waals surface area contributed by atoms with Gasteiger partial charge in [0.05, 0.1) is 34.3 Å². The Labute approximate surface area is 192 Å². The van der Waals surface area contributed by atoms with E-state index in [-0.39, 0.29) is 24.4 Å². The van der Waals surface area contributed by atoms with Crippen LogP contribution in [0.2, 0.25) is 0 Å². The second-order valence-electron chi connectivity index (χ2n) is 8.89. The molecule has 0 unspecified atom stereocenters. The molecule has 1 aliphatic rings. The summed E-state index contributed by atoms with van der Waals surface area (Å²) >= 11 is 0. The second-order valence-corrected chi connectivity index (χ2v) is 11.0. The number of fused-ring (bicyclic) bond motifs is 1. The zero-order chi connectivity index (χ0) is 23.6. The van der Waals surface area contributed by atoms with Crippen molar-refractivity contribution in [2.45, 2.75) is 64.9 Å². The largest absolute Gasteiger partial charge is 0.386 e. The highest BCUT2D eigenvalue weighted by Gasteiger charge is 2.25. The topological polar surface area (TPSA) is 88.1 Å². The number of nitrogens with zero attached hydrogens (tertiary/aromatic N) is 3. The van der Waals surface area contributed by atoms with Gasteiger partial charge in [-0.3, -0.25) is 4.99 Å². The molecule has 0 aromatic heterocycles. The molecule has 0 radical (unpaired) electrons. The summed E-state index contributed by atoms with van der Waals surface area (Å²) in [5.41, 5.74) is 11.4. The minimum atomic E-state index is -3.34. The van der Waals surface area contributed by atoms with E-state index in [1.165, 1.54) is 0 Å². The lowest BCUT2D eigenvalue weighted by atomic mass is 9.96. The Bertz CT molecular complexity index is 1160. The number of aliphatic imine (C=N–C) groups is 2. The van der Waals surface area contributed by atoms with Crippen LogP contribution in [0, 0.1) is 6.92 Å². The highest BCUT2D eigenvalue weighted by Crippen LogP contribution is 2.38. The molecule has 7 heteroatoms. The fourth-order valence-electron chi connectivity index (χ4n) is 4.30. The van der Waals surface area contributed by atoms with Crippen LogP contribution < -0.4 is 10.6 Å². The van der Waals surface area contributed by atoms with Crippen molar-refractivity contribution >= 4 is 32.8 Å². The summed E-state index contributed by atoms with van der Waals surface area (Å²) in [7, 11) is -3.34. The molecule has 0 saturated carbocycles. The molecule has 3 rings (SSSR count). The van der Waals surface area contributed by atoms with E-state index in [1.54, 1.807) is 18.2 Å². The normalized spacial score (nSPS) is 14.1. The number of rotatable bonds is 7. The average Bonchev–Trinajstić information content (AvgIpc) is 2.86. The summed E-state index contributed by atoms with van der Waals surface area (Å²) in [6.45, 7) is 12.8. The molecule has 172 valence electrons. The molecule has 0 atom stereocenters. The van der Waals surface area contributed by atoms with Gasteiger partial charge in [0, 0.05) is 23.2 Å². The first-order chi connectivity index (χ1) is 15.0. The van der Waals surface area contributed by atoms with Gasteiger partial charge >= 0.3 is 0 Å². The third-order valence-corrected chi connectivity index (χ3v) is 7.39. The number of nitrogens with two attached hydrogens (primary N) is 1. The maximum Gasteiger partial charge on any atom is 0.178 e.